The average Bonchev–Trinajstić information content (AvgIpc) is 2.68. The molecule has 2 rings (SSSR count). The lowest BCUT2D eigenvalue weighted by atomic mass is 10.1. The molecule has 2 aromatic rings. The predicted octanol–water partition coefficient (Wildman–Crippen LogP) is 4.33. The van der Waals surface area contributed by atoms with Crippen LogP contribution in [0.1, 0.15) is 17.4 Å². The molecule has 0 saturated heterocycles. The first-order valence-electron chi connectivity index (χ1n) is 5.35. The van der Waals surface area contributed by atoms with Gasteiger partial charge in [0.15, 0.2) is 0 Å². The fraction of sp³-hybridized carbons (Fsp3) is 0.154. The van der Waals surface area contributed by atoms with Crippen LogP contribution in [0.4, 0.5) is 10.1 Å². The van der Waals surface area contributed by atoms with Crippen molar-refractivity contribution >= 4 is 33.0 Å². The van der Waals surface area contributed by atoms with Crippen LogP contribution >= 0.6 is 27.3 Å². The highest BCUT2D eigenvalue weighted by Gasteiger charge is 2.18. The van der Waals surface area contributed by atoms with E-state index in [1.54, 1.807) is 12.1 Å². The van der Waals surface area contributed by atoms with Gasteiger partial charge in [0.1, 0.15) is 16.8 Å². The number of halogens is 2. The third-order valence-corrected chi connectivity index (χ3v) is 4.36. The summed E-state index contributed by atoms with van der Waals surface area (Å²) < 4.78 is 14.7. The molecule has 1 aromatic heterocycles. The summed E-state index contributed by atoms with van der Waals surface area (Å²) in [5.74, 6) is -0.307. The van der Waals surface area contributed by atoms with Crippen LogP contribution in [0.5, 0.6) is 0 Å². The van der Waals surface area contributed by atoms with Crippen molar-refractivity contribution < 1.29 is 4.39 Å². The van der Waals surface area contributed by atoms with Gasteiger partial charge in [-0.3, -0.25) is 0 Å². The lowest BCUT2D eigenvalue weighted by Gasteiger charge is -2.05. The Morgan fingerprint density at radius 2 is 2.22 bits per heavy atom. The molecule has 1 heterocycles. The van der Waals surface area contributed by atoms with Crippen LogP contribution in [0.25, 0.3) is 10.4 Å². The number of nitrogens with zero attached hydrogens (tertiary/aromatic N) is 1. The van der Waals surface area contributed by atoms with Crippen LogP contribution < -0.4 is 5.73 Å². The number of nitrogen functional groups attached to an aromatic ring is 1. The maximum absolute atomic E-state index is 13.9. The van der Waals surface area contributed by atoms with Crippen molar-refractivity contribution in [2.75, 3.05) is 5.73 Å². The van der Waals surface area contributed by atoms with E-state index in [9.17, 15) is 4.39 Å². The van der Waals surface area contributed by atoms with E-state index in [0.29, 0.717) is 22.5 Å². The molecule has 5 heteroatoms. The zero-order chi connectivity index (χ0) is 13.3. The first kappa shape index (κ1) is 13.1. The van der Waals surface area contributed by atoms with Gasteiger partial charge in [-0.05, 0) is 30.2 Å². The van der Waals surface area contributed by atoms with Gasteiger partial charge in [-0.2, -0.15) is 5.26 Å². The SMILES string of the molecule is CCc1c(-c2cc(Br)ccc2F)sc(C#N)c1N. The molecule has 92 valence electrons. The topological polar surface area (TPSA) is 49.8 Å². The van der Waals surface area contributed by atoms with Crippen molar-refractivity contribution in [3.63, 3.8) is 0 Å². The summed E-state index contributed by atoms with van der Waals surface area (Å²) in [5.41, 5.74) is 7.70. The van der Waals surface area contributed by atoms with Gasteiger partial charge in [0.2, 0.25) is 0 Å². The highest BCUT2D eigenvalue weighted by Crippen LogP contribution is 2.40. The Labute approximate surface area is 117 Å². The first-order chi connectivity index (χ1) is 8.58. The molecule has 0 atom stereocenters. The summed E-state index contributed by atoms with van der Waals surface area (Å²) in [6.07, 6.45) is 0.672. The molecule has 0 fully saturated rings. The number of hydrogen-bond acceptors (Lipinski definition) is 3. The lowest BCUT2D eigenvalue weighted by molar-refractivity contribution is 0.631. The molecule has 0 bridgehead atoms. The molecule has 0 aliphatic heterocycles. The lowest BCUT2D eigenvalue weighted by Crippen LogP contribution is -1.92. The fourth-order valence-electron chi connectivity index (χ4n) is 1.80. The van der Waals surface area contributed by atoms with Crippen LogP contribution in [0.3, 0.4) is 0 Å². The molecular weight excluding hydrogens is 315 g/mol. The third-order valence-electron chi connectivity index (χ3n) is 2.68. The van der Waals surface area contributed by atoms with Crippen LogP contribution in [-0.2, 0) is 6.42 Å². The Bertz CT molecular complexity index is 643. The van der Waals surface area contributed by atoms with Crippen molar-refractivity contribution in [1.82, 2.24) is 0 Å². The monoisotopic (exact) mass is 324 g/mol. The number of nitriles is 1. The highest BCUT2D eigenvalue weighted by atomic mass is 79.9. The molecule has 0 spiro atoms. The number of nitrogens with two attached hydrogens (primary N) is 1. The molecule has 0 amide bonds. The minimum Gasteiger partial charge on any atom is -0.397 e. The minimum absolute atomic E-state index is 0.307. The summed E-state index contributed by atoms with van der Waals surface area (Å²) in [7, 11) is 0. The van der Waals surface area contributed by atoms with Crippen LogP contribution in [0.15, 0.2) is 22.7 Å². The van der Waals surface area contributed by atoms with E-state index >= 15 is 0 Å². The van der Waals surface area contributed by atoms with Gasteiger partial charge in [-0.25, -0.2) is 4.39 Å². The molecule has 0 radical (unpaired) electrons. The maximum Gasteiger partial charge on any atom is 0.131 e. The maximum atomic E-state index is 13.9. The van der Waals surface area contributed by atoms with E-state index in [2.05, 4.69) is 22.0 Å². The second-order valence-electron chi connectivity index (χ2n) is 3.74. The quantitative estimate of drug-likeness (QED) is 0.893. The Kier molecular flexibility index (Phi) is 3.69. The second kappa shape index (κ2) is 5.09. The molecule has 0 aliphatic rings. The predicted molar refractivity (Wildman–Crippen MR) is 75.9 cm³/mol. The van der Waals surface area contributed by atoms with Crippen molar-refractivity contribution in [2.45, 2.75) is 13.3 Å². The number of thiophene rings is 1. The van der Waals surface area contributed by atoms with Crippen molar-refractivity contribution in [3.8, 4) is 16.5 Å². The van der Waals surface area contributed by atoms with Gasteiger partial charge in [0.05, 0.1) is 5.69 Å². The van der Waals surface area contributed by atoms with E-state index in [1.807, 2.05) is 6.92 Å². The van der Waals surface area contributed by atoms with Gasteiger partial charge in [0.25, 0.3) is 0 Å². The van der Waals surface area contributed by atoms with Gasteiger partial charge < -0.3 is 5.73 Å². The molecule has 2 N–H and O–H groups in total. The number of anilines is 1. The fourth-order valence-corrected chi connectivity index (χ4v) is 3.29. The third kappa shape index (κ3) is 2.14. The van der Waals surface area contributed by atoms with Gasteiger partial charge in [-0.15, -0.1) is 11.3 Å². The van der Waals surface area contributed by atoms with Crippen LogP contribution in [0, 0.1) is 17.1 Å². The molecule has 1 aromatic carbocycles. The zero-order valence-corrected chi connectivity index (χ0v) is 12.0. The summed E-state index contributed by atoms with van der Waals surface area (Å²) in [6, 6.07) is 6.81. The van der Waals surface area contributed by atoms with Crippen molar-refractivity contribution in [1.29, 1.82) is 5.26 Å². The molecule has 0 unspecified atom stereocenters. The van der Waals surface area contributed by atoms with Crippen LogP contribution in [-0.4, -0.2) is 0 Å². The molecule has 2 nitrogen and oxygen atoms in total. The van der Waals surface area contributed by atoms with Crippen molar-refractivity contribution in [3.05, 3.63) is 38.9 Å². The standard InChI is InChI=1S/C13H10BrFN2S/c1-2-8-12(17)11(6-16)18-13(8)9-5-7(14)3-4-10(9)15/h3-5H,2,17H2,1H3. The Morgan fingerprint density at radius 3 is 2.83 bits per heavy atom. The number of benzene rings is 1. The molecule has 0 saturated carbocycles. The van der Waals surface area contributed by atoms with E-state index in [4.69, 9.17) is 11.0 Å². The first-order valence-corrected chi connectivity index (χ1v) is 6.96. The number of hydrogen-bond donors (Lipinski definition) is 1. The number of rotatable bonds is 2. The minimum atomic E-state index is -0.307. The average molecular weight is 325 g/mol. The van der Waals surface area contributed by atoms with E-state index in [1.165, 1.54) is 17.4 Å². The van der Waals surface area contributed by atoms with Gasteiger partial charge >= 0.3 is 0 Å². The largest absolute Gasteiger partial charge is 0.397 e. The highest BCUT2D eigenvalue weighted by molar-refractivity contribution is 9.10. The Morgan fingerprint density at radius 1 is 1.50 bits per heavy atom. The Hall–Kier alpha value is -1.38. The molecular formula is C13H10BrFN2S. The van der Waals surface area contributed by atoms with E-state index in [0.717, 1.165) is 14.9 Å². The second-order valence-corrected chi connectivity index (χ2v) is 5.68. The van der Waals surface area contributed by atoms with Crippen LogP contribution in [0.2, 0.25) is 0 Å². The smallest absolute Gasteiger partial charge is 0.131 e. The van der Waals surface area contributed by atoms with Gasteiger partial charge in [-0.1, -0.05) is 22.9 Å². The zero-order valence-electron chi connectivity index (χ0n) is 9.63. The summed E-state index contributed by atoms with van der Waals surface area (Å²) in [4.78, 5) is 1.19. The summed E-state index contributed by atoms with van der Waals surface area (Å²) in [5, 5.41) is 9.00. The molecule has 0 aliphatic carbocycles. The van der Waals surface area contributed by atoms with Crippen molar-refractivity contribution in [2.24, 2.45) is 0 Å². The molecule has 18 heavy (non-hydrogen) atoms. The Balaban J connectivity index is 2.71. The van der Waals surface area contributed by atoms with E-state index < -0.39 is 0 Å². The normalized spacial score (nSPS) is 10.3. The summed E-state index contributed by atoms with van der Waals surface area (Å²) >= 11 is 4.56. The van der Waals surface area contributed by atoms with Gasteiger partial charge in [0, 0.05) is 14.9 Å². The summed E-state index contributed by atoms with van der Waals surface area (Å²) in [6.45, 7) is 1.94. The van der Waals surface area contributed by atoms with E-state index in [-0.39, 0.29) is 5.82 Å².